The summed E-state index contributed by atoms with van der Waals surface area (Å²) in [6.45, 7) is 4.22. The smallest absolute Gasteiger partial charge is 0.0713 e. The first-order valence-electron chi connectivity index (χ1n) is 6.01. The van der Waals surface area contributed by atoms with Crippen LogP contribution in [0.5, 0.6) is 0 Å². The molecule has 3 N–H and O–H groups in total. The van der Waals surface area contributed by atoms with E-state index in [-0.39, 0.29) is 6.04 Å². The highest BCUT2D eigenvalue weighted by Gasteiger charge is 2.16. The molecule has 0 amide bonds. The lowest BCUT2D eigenvalue weighted by Crippen LogP contribution is -2.29. The van der Waals surface area contributed by atoms with Gasteiger partial charge in [0.15, 0.2) is 0 Å². The number of aryl methyl sites for hydroxylation is 1. The lowest BCUT2D eigenvalue weighted by atomic mass is 9.93. The number of nitrogens with two attached hydrogens (primary N) is 1. The Kier molecular flexibility index (Phi) is 4.84. The van der Waals surface area contributed by atoms with Crippen LogP contribution in [0.15, 0.2) is 36.4 Å². The standard InChI is InChI=1S/C15H16ClIN2/c1-9-4-3-5-12(10(9)2)15(19-18)11-6-7-14(17)13(16)8-11/h3-8,15,19H,18H2,1-2H3. The van der Waals surface area contributed by atoms with Gasteiger partial charge in [0, 0.05) is 3.57 Å². The van der Waals surface area contributed by atoms with E-state index in [1.807, 2.05) is 12.1 Å². The third-order valence-electron chi connectivity index (χ3n) is 3.40. The van der Waals surface area contributed by atoms with E-state index < -0.39 is 0 Å². The molecule has 2 rings (SSSR count). The lowest BCUT2D eigenvalue weighted by Gasteiger charge is -2.20. The van der Waals surface area contributed by atoms with Crippen LogP contribution < -0.4 is 11.3 Å². The van der Waals surface area contributed by atoms with Crippen LogP contribution in [0.4, 0.5) is 0 Å². The molecule has 0 spiro atoms. The normalized spacial score (nSPS) is 12.5. The Labute approximate surface area is 132 Å². The van der Waals surface area contributed by atoms with Gasteiger partial charge in [-0.2, -0.15) is 0 Å². The van der Waals surface area contributed by atoms with Crippen molar-refractivity contribution in [2.45, 2.75) is 19.9 Å². The van der Waals surface area contributed by atoms with Crippen molar-refractivity contribution < 1.29 is 0 Å². The third kappa shape index (κ3) is 3.11. The molecule has 0 saturated carbocycles. The maximum absolute atomic E-state index is 6.20. The second kappa shape index (κ2) is 6.22. The number of hydrogen-bond acceptors (Lipinski definition) is 2. The summed E-state index contributed by atoms with van der Waals surface area (Å²) in [5, 5.41) is 0.753. The van der Waals surface area contributed by atoms with Crippen molar-refractivity contribution >= 4 is 34.2 Å². The number of rotatable bonds is 3. The van der Waals surface area contributed by atoms with Gasteiger partial charge in [-0.1, -0.05) is 35.9 Å². The molecule has 2 aromatic carbocycles. The molecule has 100 valence electrons. The van der Waals surface area contributed by atoms with Gasteiger partial charge < -0.3 is 0 Å². The lowest BCUT2D eigenvalue weighted by molar-refractivity contribution is 0.633. The zero-order valence-electron chi connectivity index (χ0n) is 10.9. The van der Waals surface area contributed by atoms with Crippen LogP contribution in [-0.2, 0) is 0 Å². The first-order valence-corrected chi connectivity index (χ1v) is 7.47. The molecule has 0 bridgehead atoms. The molecule has 0 aliphatic rings. The van der Waals surface area contributed by atoms with Crippen molar-refractivity contribution in [1.29, 1.82) is 0 Å². The molecule has 0 heterocycles. The van der Waals surface area contributed by atoms with Gasteiger partial charge >= 0.3 is 0 Å². The molecule has 19 heavy (non-hydrogen) atoms. The Morgan fingerprint density at radius 1 is 1.21 bits per heavy atom. The highest BCUT2D eigenvalue weighted by molar-refractivity contribution is 14.1. The first-order chi connectivity index (χ1) is 9.04. The summed E-state index contributed by atoms with van der Waals surface area (Å²) in [4.78, 5) is 0. The Morgan fingerprint density at radius 3 is 2.58 bits per heavy atom. The molecule has 0 saturated heterocycles. The highest BCUT2D eigenvalue weighted by atomic mass is 127. The van der Waals surface area contributed by atoms with Crippen LogP contribution in [0, 0.1) is 17.4 Å². The molecule has 0 radical (unpaired) electrons. The molecule has 0 aromatic heterocycles. The second-order valence-corrected chi connectivity index (χ2v) is 6.13. The van der Waals surface area contributed by atoms with Crippen LogP contribution in [0.3, 0.4) is 0 Å². The van der Waals surface area contributed by atoms with Gasteiger partial charge in [0.05, 0.1) is 11.1 Å². The van der Waals surface area contributed by atoms with Crippen LogP contribution >= 0.6 is 34.2 Å². The Balaban J connectivity index is 2.50. The summed E-state index contributed by atoms with van der Waals surface area (Å²) in [6, 6.07) is 12.2. The van der Waals surface area contributed by atoms with Gasteiger partial charge in [0.25, 0.3) is 0 Å². The maximum atomic E-state index is 6.20. The van der Waals surface area contributed by atoms with Crippen molar-refractivity contribution in [3.63, 3.8) is 0 Å². The van der Waals surface area contributed by atoms with Crippen LogP contribution in [0.1, 0.15) is 28.3 Å². The summed E-state index contributed by atoms with van der Waals surface area (Å²) in [5.41, 5.74) is 7.65. The van der Waals surface area contributed by atoms with Gasteiger partial charge in [0.2, 0.25) is 0 Å². The molecule has 1 unspecified atom stereocenters. The first kappa shape index (κ1) is 14.8. The van der Waals surface area contributed by atoms with Crippen LogP contribution in [-0.4, -0.2) is 0 Å². The molecular weight excluding hydrogens is 371 g/mol. The highest BCUT2D eigenvalue weighted by Crippen LogP contribution is 2.29. The number of benzene rings is 2. The summed E-state index contributed by atoms with van der Waals surface area (Å²) >= 11 is 8.42. The van der Waals surface area contributed by atoms with E-state index in [1.54, 1.807) is 0 Å². The average molecular weight is 387 g/mol. The van der Waals surface area contributed by atoms with Crippen LogP contribution in [0.25, 0.3) is 0 Å². The summed E-state index contributed by atoms with van der Waals surface area (Å²) in [5.74, 6) is 5.75. The zero-order chi connectivity index (χ0) is 14.0. The predicted molar refractivity (Wildman–Crippen MR) is 89.3 cm³/mol. The predicted octanol–water partition coefficient (Wildman–Crippen LogP) is 4.11. The maximum Gasteiger partial charge on any atom is 0.0713 e. The Morgan fingerprint density at radius 2 is 1.95 bits per heavy atom. The quantitative estimate of drug-likeness (QED) is 0.473. The van der Waals surface area contributed by atoms with Crippen molar-refractivity contribution in [1.82, 2.24) is 5.43 Å². The minimum absolute atomic E-state index is 0.0469. The molecule has 0 fully saturated rings. The minimum Gasteiger partial charge on any atom is -0.271 e. The van der Waals surface area contributed by atoms with E-state index in [9.17, 15) is 0 Å². The minimum atomic E-state index is -0.0469. The third-order valence-corrected chi connectivity index (χ3v) is 4.97. The number of halogens is 2. The molecule has 0 aliphatic heterocycles. The molecule has 4 heteroatoms. The Hall–Kier alpha value is -0.620. The van der Waals surface area contributed by atoms with Gasteiger partial charge in [-0.05, 0) is 70.8 Å². The molecule has 1 atom stereocenters. The molecular formula is C15H16ClIN2. The van der Waals surface area contributed by atoms with E-state index in [0.29, 0.717) is 0 Å². The molecule has 2 nitrogen and oxygen atoms in total. The largest absolute Gasteiger partial charge is 0.271 e. The van der Waals surface area contributed by atoms with E-state index in [2.05, 4.69) is 66.1 Å². The molecule has 2 aromatic rings. The van der Waals surface area contributed by atoms with Crippen molar-refractivity contribution in [3.8, 4) is 0 Å². The van der Waals surface area contributed by atoms with Gasteiger partial charge in [0.1, 0.15) is 0 Å². The number of hydrogen-bond donors (Lipinski definition) is 2. The van der Waals surface area contributed by atoms with Crippen molar-refractivity contribution in [2.24, 2.45) is 5.84 Å². The fraction of sp³-hybridized carbons (Fsp3) is 0.200. The second-order valence-electron chi connectivity index (χ2n) is 4.56. The Bertz CT molecular complexity index is 599. The van der Waals surface area contributed by atoms with E-state index >= 15 is 0 Å². The SMILES string of the molecule is Cc1cccc(C(NN)c2ccc(I)c(Cl)c2)c1C. The molecule has 0 aliphatic carbocycles. The van der Waals surface area contributed by atoms with Crippen LogP contribution in [0.2, 0.25) is 5.02 Å². The summed E-state index contributed by atoms with van der Waals surface area (Å²) < 4.78 is 1.04. The van der Waals surface area contributed by atoms with E-state index in [1.165, 1.54) is 16.7 Å². The fourth-order valence-corrected chi connectivity index (χ4v) is 2.67. The summed E-state index contributed by atoms with van der Waals surface area (Å²) in [7, 11) is 0. The van der Waals surface area contributed by atoms with E-state index in [4.69, 9.17) is 17.4 Å². The van der Waals surface area contributed by atoms with Gasteiger partial charge in [-0.3, -0.25) is 5.84 Å². The monoisotopic (exact) mass is 386 g/mol. The van der Waals surface area contributed by atoms with Gasteiger partial charge in [-0.25, -0.2) is 5.43 Å². The van der Waals surface area contributed by atoms with Gasteiger partial charge in [-0.15, -0.1) is 0 Å². The summed E-state index contributed by atoms with van der Waals surface area (Å²) in [6.07, 6.45) is 0. The van der Waals surface area contributed by atoms with E-state index in [0.717, 1.165) is 14.2 Å². The number of nitrogens with one attached hydrogen (secondary N) is 1. The zero-order valence-corrected chi connectivity index (χ0v) is 13.8. The van der Waals surface area contributed by atoms with Crippen molar-refractivity contribution in [2.75, 3.05) is 0 Å². The number of hydrazine groups is 1. The topological polar surface area (TPSA) is 38.0 Å². The van der Waals surface area contributed by atoms with Crippen molar-refractivity contribution in [3.05, 3.63) is 67.2 Å². The fourth-order valence-electron chi connectivity index (χ4n) is 2.14. The average Bonchev–Trinajstić information content (AvgIpc) is 2.39.